The van der Waals surface area contributed by atoms with Crippen LogP contribution >= 0.6 is 0 Å². The number of hydrogen-bond acceptors (Lipinski definition) is 3. The third-order valence-corrected chi connectivity index (χ3v) is 12.1. The molecule has 1 aromatic rings. The van der Waals surface area contributed by atoms with Crippen LogP contribution in [0.1, 0.15) is 90.5 Å². The van der Waals surface area contributed by atoms with Gasteiger partial charge in [0.25, 0.3) is 0 Å². The van der Waals surface area contributed by atoms with Crippen LogP contribution in [0.5, 0.6) is 0 Å². The van der Waals surface area contributed by atoms with Gasteiger partial charge in [0.05, 0.1) is 18.8 Å². The van der Waals surface area contributed by atoms with Gasteiger partial charge in [-0.1, -0.05) is 39.0 Å². The summed E-state index contributed by atoms with van der Waals surface area (Å²) < 4.78 is 0. The second-order valence-electron chi connectivity index (χ2n) is 13.6. The number of rotatable bonds is 4. The molecule has 4 nitrogen and oxygen atoms in total. The summed E-state index contributed by atoms with van der Waals surface area (Å²) in [7, 11) is 0. The summed E-state index contributed by atoms with van der Waals surface area (Å²) in [5, 5.41) is 21.8. The highest BCUT2D eigenvalue weighted by molar-refractivity contribution is 5.97. The van der Waals surface area contributed by atoms with Crippen molar-refractivity contribution in [3.05, 3.63) is 29.8 Å². The lowest BCUT2D eigenvalue weighted by Crippen LogP contribution is -2.58. The predicted molar refractivity (Wildman–Crippen MR) is 139 cm³/mol. The molecule has 0 bridgehead atoms. The van der Waals surface area contributed by atoms with Crippen LogP contribution in [0.3, 0.4) is 0 Å². The first-order chi connectivity index (χ1) is 16.7. The third-order valence-electron chi connectivity index (χ3n) is 12.1. The molecule has 1 heterocycles. The van der Waals surface area contributed by atoms with E-state index >= 15 is 0 Å². The van der Waals surface area contributed by atoms with Gasteiger partial charge < -0.3 is 15.1 Å². The molecule has 6 rings (SSSR count). The van der Waals surface area contributed by atoms with E-state index in [1.54, 1.807) is 0 Å². The van der Waals surface area contributed by atoms with Crippen LogP contribution < -0.4 is 4.90 Å². The van der Waals surface area contributed by atoms with E-state index in [1.165, 1.54) is 31.2 Å². The van der Waals surface area contributed by atoms with Gasteiger partial charge in [-0.25, -0.2) is 0 Å². The van der Waals surface area contributed by atoms with Crippen LogP contribution in [0, 0.1) is 46.3 Å². The molecular formula is C31H45NO3. The Morgan fingerprint density at radius 3 is 2.57 bits per heavy atom. The second-order valence-corrected chi connectivity index (χ2v) is 13.6. The third kappa shape index (κ3) is 3.64. The smallest absolute Gasteiger partial charge is 0.227 e. The Morgan fingerprint density at radius 2 is 1.77 bits per heavy atom. The molecule has 1 aliphatic heterocycles. The van der Waals surface area contributed by atoms with E-state index in [2.05, 4.69) is 39.0 Å². The number of aliphatic hydroxyl groups is 2. The Morgan fingerprint density at radius 1 is 1.03 bits per heavy atom. The highest BCUT2D eigenvalue weighted by Crippen LogP contribution is 2.68. The first-order valence-electron chi connectivity index (χ1n) is 14.5. The van der Waals surface area contributed by atoms with Crippen LogP contribution in [-0.4, -0.2) is 28.3 Å². The number of anilines is 1. The molecule has 4 heteroatoms. The lowest BCUT2D eigenvalue weighted by Gasteiger charge is -2.62. The molecule has 4 saturated carbocycles. The molecule has 4 fully saturated rings. The summed E-state index contributed by atoms with van der Waals surface area (Å²) >= 11 is 0. The van der Waals surface area contributed by atoms with Crippen molar-refractivity contribution in [1.29, 1.82) is 0 Å². The number of carbonyl (C=O) groups is 1. The molecule has 35 heavy (non-hydrogen) atoms. The molecule has 2 N–H and O–H groups in total. The predicted octanol–water partition coefficient (Wildman–Crippen LogP) is 5.94. The summed E-state index contributed by atoms with van der Waals surface area (Å²) in [5.41, 5.74) is 2.95. The zero-order chi connectivity index (χ0) is 24.5. The highest BCUT2D eigenvalue weighted by atomic mass is 16.3. The standard InChI is InChI=1S/C31H45NO3/c1-19(8-11-28(35)32-18-20-6-4-5-7-26(20)32)23-9-10-24-29-25(13-15-31(23,24)3)30(2)14-12-22(33)16-21(30)17-27(29)34/h4-7,19,21-25,27,29,33-34H,8-18H2,1-3H3/t19-,21+,22-,23-,24+,25+,27-,29+,30+,31-/m1/s1. The molecule has 1 aromatic carbocycles. The van der Waals surface area contributed by atoms with Crippen molar-refractivity contribution in [3.63, 3.8) is 0 Å². The minimum atomic E-state index is -0.213. The SMILES string of the molecule is C[C@H](CCC(=O)N1Cc2ccccc21)[C@H]1CC[C@H]2[C@@H]3[C@H](O)C[C@@H]4C[C@H](O)CC[C@]4(C)[C@H]3CC[C@]12C. The number of benzene rings is 1. The summed E-state index contributed by atoms with van der Waals surface area (Å²) in [6, 6.07) is 8.26. The summed E-state index contributed by atoms with van der Waals surface area (Å²) in [5.74, 6) is 3.56. The Hall–Kier alpha value is -1.39. The Kier molecular flexibility index (Phi) is 5.88. The lowest BCUT2D eigenvalue weighted by atomic mass is 9.43. The average molecular weight is 480 g/mol. The zero-order valence-corrected chi connectivity index (χ0v) is 22.0. The number of aliphatic hydroxyl groups excluding tert-OH is 2. The van der Waals surface area contributed by atoms with Crippen LogP contribution in [0.25, 0.3) is 0 Å². The second kappa shape index (κ2) is 8.58. The number of hydrogen-bond donors (Lipinski definition) is 2. The van der Waals surface area contributed by atoms with E-state index < -0.39 is 0 Å². The van der Waals surface area contributed by atoms with Crippen molar-refractivity contribution in [1.82, 2.24) is 0 Å². The summed E-state index contributed by atoms with van der Waals surface area (Å²) in [6.07, 6.45) is 10.0. The number of para-hydroxylation sites is 1. The molecule has 0 saturated heterocycles. The average Bonchev–Trinajstić information content (AvgIpc) is 3.16. The van der Waals surface area contributed by atoms with E-state index in [0.717, 1.165) is 44.3 Å². The van der Waals surface area contributed by atoms with Crippen LogP contribution in [-0.2, 0) is 11.3 Å². The minimum absolute atomic E-state index is 0.171. The fourth-order valence-electron chi connectivity index (χ4n) is 10.2. The molecule has 0 radical (unpaired) electrons. The van der Waals surface area contributed by atoms with Crippen LogP contribution in [0.4, 0.5) is 5.69 Å². The fraction of sp³-hybridized carbons (Fsp3) is 0.774. The van der Waals surface area contributed by atoms with E-state index in [4.69, 9.17) is 0 Å². The molecule has 192 valence electrons. The molecule has 10 atom stereocenters. The van der Waals surface area contributed by atoms with E-state index in [-0.39, 0.29) is 28.9 Å². The highest BCUT2D eigenvalue weighted by Gasteiger charge is 2.62. The van der Waals surface area contributed by atoms with Gasteiger partial charge in [-0.2, -0.15) is 0 Å². The number of carbonyl (C=O) groups excluding carboxylic acids is 1. The maximum atomic E-state index is 13.0. The monoisotopic (exact) mass is 479 g/mol. The minimum Gasteiger partial charge on any atom is -0.393 e. The van der Waals surface area contributed by atoms with Gasteiger partial charge in [-0.15, -0.1) is 0 Å². The first-order valence-corrected chi connectivity index (χ1v) is 14.5. The van der Waals surface area contributed by atoms with Gasteiger partial charge in [-0.3, -0.25) is 4.79 Å². The number of amides is 1. The zero-order valence-electron chi connectivity index (χ0n) is 22.0. The van der Waals surface area contributed by atoms with Crippen molar-refractivity contribution < 1.29 is 15.0 Å². The van der Waals surface area contributed by atoms with Gasteiger partial charge in [0.15, 0.2) is 0 Å². The van der Waals surface area contributed by atoms with Gasteiger partial charge in [0.2, 0.25) is 5.91 Å². The van der Waals surface area contributed by atoms with E-state index in [1.807, 2.05) is 11.0 Å². The fourth-order valence-corrected chi connectivity index (χ4v) is 10.2. The molecule has 4 aliphatic carbocycles. The van der Waals surface area contributed by atoms with E-state index in [9.17, 15) is 15.0 Å². The molecule has 0 spiro atoms. The maximum Gasteiger partial charge on any atom is 0.227 e. The number of fused-ring (bicyclic) bond motifs is 6. The summed E-state index contributed by atoms with van der Waals surface area (Å²) in [6.45, 7) is 8.18. The molecule has 5 aliphatic rings. The van der Waals surface area contributed by atoms with Crippen molar-refractivity contribution in [2.75, 3.05) is 4.90 Å². The summed E-state index contributed by atoms with van der Waals surface area (Å²) in [4.78, 5) is 14.9. The molecule has 1 amide bonds. The van der Waals surface area contributed by atoms with Gasteiger partial charge in [-0.05, 0) is 116 Å². The van der Waals surface area contributed by atoms with Gasteiger partial charge >= 0.3 is 0 Å². The van der Waals surface area contributed by atoms with E-state index in [0.29, 0.717) is 41.9 Å². The normalized spacial score (nSPS) is 44.9. The Labute approximate surface area is 211 Å². The first kappa shape index (κ1) is 24.0. The van der Waals surface area contributed by atoms with Crippen LogP contribution in [0.2, 0.25) is 0 Å². The van der Waals surface area contributed by atoms with Crippen molar-refractivity contribution in [3.8, 4) is 0 Å². The lowest BCUT2D eigenvalue weighted by molar-refractivity contribution is -0.174. The van der Waals surface area contributed by atoms with Gasteiger partial charge in [0, 0.05) is 12.1 Å². The van der Waals surface area contributed by atoms with Gasteiger partial charge in [0.1, 0.15) is 0 Å². The Bertz CT molecular complexity index is 978. The molecular weight excluding hydrogens is 434 g/mol. The number of nitrogens with zero attached hydrogens (tertiary/aromatic N) is 1. The molecule has 0 unspecified atom stereocenters. The maximum absolute atomic E-state index is 13.0. The van der Waals surface area contributed by atoms with Crippen LogP contribution in [0.15, 0.2) is 24.3 Å². The van der Waals surface area contributed by atoms with Crippen molar-refractivity contribution in [2.45, 2.75) is 104 Å². The molecule has 0 aromatic heterocycles. The largest absolute Gasteiger partial charge is 0.393 e. The Balaban J connectivity index is 1.13. The van der Waals surface area contributed by atoms with Crippen molar-refractivity contribution >= 4 is 11.6 Å². The quantitative estimate of drug-likeness (QED) is 0.562. The topological polar surface area (TPSA) is 60.8 Å². The van der Waals surface area contributed by atoms with Crippen molar-refractivity contribution in [2.24, 2.45) is 46.3 Å².